The molecule has 1 saturated carbocycles. The molecule has 4 rings (SSSR count). The maximum atomic E-state index is 12.5. The summed E-state index contributed by atoms with van der Waals surface area (Å²) in [6, 6.07) is 14.9. The fourth-order valence-electron chi connectivity index (χ4n) is 5.39. The second-order valence-corrected chi connectivity index (χ2v) is 10.5. The number of aryl methyl sites for hydroxylation is 1. The lowest BCUT2D eigenvalue weighted by Gasteiger charge is -2.40. The third-order valence-corrected chi connectivity index (χ3v) is 6.69. The second kappa shape index (κ2) is 8.61. The molecule has 1 heterocycles. The first-order valence-electron chi connectivity index (χ1n) is 11.8. The van der Waals surface area contributed by atoms with Gasteiger partial charge in [-0.05, 0) is 72.9 Å². The minimum Gasteiger partial charge on any atom is -0.345 e. The Labute approximate surface area is 191 Å². The number of hydrogen-bond acceptors (Lipinski definition) is 3. The Morgan fingerprint density at radius 2 is 1.88 bits per heavy atom. The summed E-state index contributed by atoms with van der Waals surface area (Å²) in [4.78, 5) is 19.1. The van der Waals surface area contributed by atoms with Crippen LogP contribution in [0, 0.1) is 11.3 Å². The van der Waals surface area contributed by atoms with Gasteiger partial charge < -0.3 is 14.8 Å². The van der Waals surface area contributed by atoms with Gasteiger partial charge in [0.05, 0.1) is 11.0 Å². The van der Waals surface area contributed by atoms with Gasteiger partial charge in [-0.1, -0.05) is 39.8 Å². The van der Waals surface area contributed by atoms with Crippen LogP contribution in [0.1, 0.15) is 68.9 Å². The monoisotopic (exact) mass is 432 g/mol. The van der Waals surface area contributed by atoms with Gasteiger partial charge >= 0.3 is 0 Å². The molecule has 5 heteroatoms. The molecule has 1 aromatic heterocycles. The molecule has 0 bridgehead atoms. The molecule has 1 aliphatic rings. The minimum atomic E-state index is -0.00136. The Bertz CT molecular complexity index is 1110. The maximum Gasteiger partial charge on any atom is 0.253 e. The van der Waals surface area contributed by atoms with E-state index in [9.17, 15) is 4.79 Å². The molecule has 2 aromatic carbocycles. The van der Waals surface area contributed by atoms with Crippen LogP contribution in [-0.4, -0.2) is 34.5 Å². The average molecular weight is 433 g/mol. The van der Waals surface area contributed by atoms with Crippen molar-refractivity contribution in [3.63, 3.8) is 0 Å². The fourth-order valence-corrected chi connectivity index (χ4v) is 5.39. The van der Waals surface area contributed by atoms with E-state index in [-0.39, 0.29) is 5.91 Å². The number of hydrogen-bond donors (Lipinski definition) is 1. The molecule has 5 nitrogen and oxygen atoms in total. The van der Waals surface area contributed by atoms with Gasteiger partial charge in [0.15, 0.2) is 0 Å². The number of imidazole rings is 1. The van der Waals surface area contributed by atoms with Crippen LogP contribution in [0.25, 0.3) is 11.0 Å². The van der Waals surface area contributed by atoms with E-state index in [1.165, 1.54) is 12.0 Å². The highest BCUT2D eigenvalue weighted by atomic mass is 16.2. The van der Waals surface area contributed by atoms with Crippen LogP contribution >= 0.6 is 0 Å². The van der Waals surface area contributed by atoms with Crippen LogP contribution in [-0.2, 0) is 6.42 Å². The van der Waals surface area contributed by atoms with Crippen LogP contribution in [0.3, 0.4) is 0 Å². The van der Waals surface area contributed by atoms with E-state index in [1.54, 1.807) is 19.0 Å². The number of fused-ring (bicyclic) bond motifs is 1. The Balaban J connectivity index is 1.80. The Morgan fingerprint density at radius 1 is 1.16 bits per heavy atom. The number of amides is 1. The molecule has 1 N–H and O–H groups in total. The highest BCUT2D eigenvalue weighted by Crippen LogP contribution is 2.46. The van der Waals surface area contributed by atoms with E-state index >= 15 is 0 Å². The largest absolute Gasteiger partial charge is 0.345 e. The number of rotatable bonds is 5. The highest BCUT2D eigenvalue weighted by molar-refractivity contribution is 5.97. The van der Waals surface area contributed by atoms with Crippen molar-refractivity contribution in [2.75, 3.05) is 19.4 Å². The fraction of sp³-hybridized carbons (Fsp3) is 0.481. The number of aromatic nitrogens is 2. The van der Waals surface area contributed by atoms with Gasteiger partial charge in [0.2, 0.25) is 5.95 Å². The molecule has 1 amide bonds. The lowest BCUT2D eigenvalue weighted by molar-refractivity contribution is 0.0827. The van der Waals surface area contributed by atoms with Crippen molar-refractivity contribution in [2.45, 2.75) is 59.4 Å². The predicted octanol–water partition coefficient (Wildman–Crippen LogP) is 6.43. The lowest BCUT2D eigenvalue weighted by atomic mass is 9.70. The summed E-state index contributed by atoms with van der Waals surface area (Å²) in [6.07, 6.45) is 4.52. The van der Waals surface area contributed by atoms with Crippen LogP contribution in [0.4, 0.5) is 11.6 Å². The van der Waals surface area contributed by atoms with Crippen molar-refractivity contribution in [1.29, 1.82) is 0 Å². The third-order valence-electron chi connectivity index (χ3n) is 6.69. The predicted molar refractivity (Wildman–Crippen MR) is 133 cm³/mol. The molecule has 1 aliphatic carbocycles. The molecule has 0 spiro atoms. The van der Waals surface area contributed by atoms with Gasteiger partial charge in [-0.15, -0.1) is 0 Å². The first-order valence-corrected chi connectivity index (χ1v) is 11.8. The summed E-state index contributed by atoms with van der Waals surface area (Å²) in [6.45, 7) is 9.27. The molecule has 170 valence electrons. The number of carbonyl (C=O) groups excluding carboxylic acids is 1. The Kier molecular flexibility index (Phi) is 6.02. The van der Waals surface area contributed by atoms with E-state index in [0.29, 0.717) is 22.9 Å². The summed E-state index contributed by atoms with van der Waals surface area (Å²) in [5.74, 6) is 1.51. The summed E-state index contributed by atoms with van der Waals surface area (Å²) in [5, 5.41) is 3.58. The Hall–Kier alpha value is -2.82. The van der Waals surface area contributed by atoms with E-state index in [1.807, 2.05) is 12.1 Å². The van der Waals surface area contributed by atoms with Gasteiger partial charge in [0.25, 0.3) is 5.91 Å². The lowest BCUT2D eigenvalue weighted by Crippen LogP contribution is -2.29. The van der Waals surface area contributed by atoms with Gasteiger partial charge in [0, 0.05) is 31.4 Å². The summed E-state index contributed by atoms with van der Waals surface area (Å²) in [7, 11) is 3.56. The maximum absolute atomic E-state index is 12.5. The van der Waals surface area contributed by atoms with Gasteiger partial charge in [0.1, 0.15) is 0 Å². The molecular weight excluding hydrogens is 396 g/mol. The van der Waals surface area contributed by atoms with E-state index in [4.69, 9.17) is 4.98 Å². The topological polar surface area (TPSA) is 50.2 Å². The highest BCUT2D eigenvalue weighted by Gasteiger charge is 2.34. The Morgan fingerprint density at radius 3 is 2.50 bits per heavy atom. The van der Waals surface area contributed by atoms with E-state index in [2.05, 4.69) is 67.9 Å². The standard InChI is InChI=1S/C27H36N4O/c1-7-19-8-11-21(12-9-19)28-26-29-23-15-20(25(32)30(5)6)10-13-24(23)31(26)22-14-18(2)16-27(3,4)17-22/h8-13,15,18,22H,7,14,16-17H2,1-6H3,(H,28,29)/t18-,22+/m1/s1. The molecule has 0 radical (unpaired) electrons. The molecule has 2 atom stereocenters. The molecule has 3 aromatic rings. The minimum absolute atomic E-state index is 0.00136. The normalized spacial score (nSPS) is 20.3. The number of benzene rings is 2. The zero-order valence-corrected chi connectivity index (χ0v) is 20.3. The third kappa shape index (κ3) is 4.52. The summed E-state index contributed by atoms with van der Waals surface area (Å²) < 4.78 is 2.38. The van der Waals surface area contributed by atoms with Gasteiger partial charge in [-0.2, -0.15) is 0 Å². The number of anilines is 2. The van der Waals surface area contributed by atoms with Crippen LogP contribution < -0.4 is 5.32 Å². The van der Waals surface area contributed by atoms with Gasteiger partial charge in [-0.25, -0.2) is 4.98 Å². The molecule has 32 heavy (non-hydrogen) atoms. The van der Waals surface area contributed by atoms with E-state index < -0.39 is 0 Å². The molecule has 0 aliphatic heterocycles. The molecule has 0 unspecified atom stereocenters. The number of nitrogens with zero attached hydrogens (tertiary/aromatic N) is 3. The van der Waals surface area contributed by atoms with Crippen LogP contribution in [0.5, 0.6) is 0 Å². The number of nitrogens with one attached hydrogen (secondary N) is 1. The van der Waals surface area contributed by atoms with Crippen molar-refractivity contribution < 1.29 is 4.79 Å². The van der Waals surface area contributed by atoms with Crippen molar-refractivity contribution in [2.24, 2.45) is 11.3 Å². The van der Waals surface area contributed by atoms with Crippen molar-refractivity contribution in [3.05, 3.63) is 53.6 Å². The van der Waals surface area contributed by atoms with Crippen molar-refractivity contribution in [3.8, 4) is 0 Å². The summed E-state index contributed by atoms with van der Waals surface area (Å²) in [5.41, 5.74) is 5.26. The van der Waals surface area contributed by atoms with E-state index in [0.717, 1.165) is 41.9 Å². The van der Waals surface area contributed by atoms with Crippen LogP contribution in [0.15, 0.2) is 42.5 Å². The molecule has 0 saturated heterocycles. The average Bonchev–Trinajstić information content (AvgIpc) is 3.09. The second-order valence-electron chi connectivity index (χ2n) is 10.5. The first-order chi connectivity index (χ1) is 15.2. The van der Waals surface area contributed by atoms with Crippen molar-refractivity contribution >= 4 is 28.6 Å². The zero-order chi connectivity index (χ0) is 23.0. The first kappa shape index (κ1) is 22.4. The number of carbonyl (C=O) groups is 1. The summed E-state index contributed by atoms with van der Waals surface area (Å²) >= 11 is 0. The quantitative estimate of drug-likeness (QED) is 0.505. The SMILES string of the molecule is CCc1ccc(Nc2nc3cc(C(=O)N(C)C)ccc3n2[C@H]2C[C@@H](C)CC(C)(C)C2)cc1. The van der Waals surface area contributed by atoms with Crippen LogP contribution in [0.2, 0.25) is 0 Å². The molecule has 1 fully saturated rings. The van der Waals surface area contributed by atoms with Crippen molar-refractivity contribution in [1.82, 2.24) is 14.5 Å². The zero-order valence-electron chi connectivity index (χ0n) is 20.3. The van der Waals surface area contributed by atoms with Gasteiger partial charge in [-0.3, -0.25) is 4.79 Å². The smallest absolute Gasteiger partial charge is 0.253 e. The molecular formula is C27H36N4O.